The van der Waals surface area contributed by atoms with Crippen molar-refractivity contribution >= 4 is 5.91 Å². The largest absolute Gasteiger partial charge is 0.337 e. The molecule has 0 aromatic heterocycles. The third kappa shape index (κ3) is 3.11. The number of nitrogens with two attached hydrogens (primary N) is 1. The van der Waals surface area contributed by atoms with Gasteiger partial charge in [-0.2, -0.15) is 0 Å². The summed E-state index contributed by atoms with van der Waals surface area (Å²) in [5.74, 6) is 1.02. The van der Waals surface area contributed by atoms with Crippen molar-refractivity contribution in [2.75, 3.05) is 26.2 Å². The van der Waals surface area contributed by atoms with E-state index in [2.05, 4.69) is 16.7 Å². The molecule has 0 spiro atoms. The molecular weight excluding hydrogens is 262 g/mol. The highest BCUT2D eigenvalue weighted by Gasteiger charge is 2.39. The molecule has 2 aliphatic heterocycles. The maximum atomic E-state index is 13.1. The predicted octanol–water partition coefficient (Wildman–Crippen LogP) is 1.84. The van der Waals surface area contributed by atoms with E-state index in [-0.39, 0.29) is 5.92 Å². The Morgan fingerprint density at radius 2 is 1.86 bits per heavy atom. The zero-order valence-corrected chi connectivity index (χ0v) is 13.5. The van der Waals surface area contributed by atoms with E-state index < -0.39 is 0 Å². The number of carbonyl (C=O) groups excluding carboxylic acids is 1. The Labute approximate surface area is 129 Å². The smallest absolute Gasteiger partial charge is 0.226 e. The fourth-order valence-electron chi connectivity index (χ4n) is 4.69. The van der Waals surface area contributed by atoms with Gasteiger partial charge in [0, 0.05) is 31.1 Å². The molecule has 3 fully saturated rings. The van der Waals surface area contributed by atoms with Gasteiger partial charge in [-0.1, -0.05) is 19.3 Å². The Hall–Kier alpha value is -0.610. The third-order valence-corrected chi connectivity index (χ3v) is 6.00. The molecule has 0 aromatic carbocycles. The van der Waals surface area contributed by atoms with Crippen molar-refractivity contribution in [2.24, 2.45) is 17.6 Å². The standard InChI is InChI=1S/C17H31N3O/c1-13-11-19-9-5-4-7-15(19)12-20(13)17(21)16-8-3-2-6-14(16)10-18/h13-16H,2-12,18H2,1H3. The van der Waals surface area contributed by atoms with Crippen LogP contribution in [0.5, 0.6) is 0 Å². The molecule has 4 heteroatoms. The first-order chi connectivity index (χ1) is 10.2. The van der Waals surface area contributed by atoms with Crippen LogP contribution in [0.4, 0.5) is 0 Å². The summed E-state index contributed by atoms with van der Waals surface area (Å²) in [6, 6.07) is 0.978. The third-order valence-electron chi connectivity index (χ3n) is 6.00. The van der Waals surface area contributed by atoms with Gasteiger partial charge in [-0.05, 0) is 51.6 Å². The lowest BCUT2D eigenvalue weighted by atomic mass is 9.78. The van der Waals surface area contributed by atoms with Crippen LogP contribution in [0.25, 0.3) is 0 Å². The van der Waals surface area contributed by atoms with Crippen LogP contribution in [0.15, 0.2) is 0 Å². The van der Waals surface area contributed by atoms with Crippen molar-refractivity contribution < 1.29 is 4.79 Å². The summed E-state index contributed by atoms with van der Waals surface area (Å²) in [5, 5.41) is 0. The van der Waals surface area contributed by atoms with Crippen LogP contribution >= 0.6 is 0 Å². The summed E-state index contributed by atoms with van der Waals surface area (Å²) in [7, 11) is 0. The van der Waals surface area contributed by atoms with Gasteiger partial charge in [0.1, 0.15) is 0 Å². The minimum atomic E-state index is 0.196. The number of hydrogen-bond acceptors (Lipinski definition) is 3. The second-order valence-corrected chi connectivity index (χ2v) is 7.37. The zero-order chi connectivity index (χ0) is 14.8. The summed E-state index contributed by atoms with van der Waals surface area (Å²) in [5.41, 5.74) is 5.92. The average Bonchev–Trinajstić information content (AvgIpc) is 2.53. The summed E-state index contributed by atoms with van der Waals surface area (Å²) in [6.07, 6.45) is 8.56. The van der Waals surface area contributed by atoms with Gasteiger partial charge in [-0.15, -0.1) is 0 Å². The maximum absolute atomic E-state index is 13.1. The highest BCUT2D eigenvalue weighted by molar-refractivity contribution is 5.79. The van der Waals surface area contributed by atoms with E-state index >= 15 is 0 Å². The van der Waals surface area contributed by atoms with E-state index in [1.807, 2.05) is 0 Å². The molecule has 2 N–H and O–H groups in total. The highest BCUT2D eigenvalue weighted by atomic mass is 16.2. The number of amides is 1. The van der Waals surface area contributed by atoms with Crippen LogP contribution in [0.1, 0.15) is 51.9 Å². The lowest BCUT2D eigenvalue weighted by Crippen LogP contribution is -2.61. The monoisotopic (exact) mass is 293 g/mol. The van der Waals surface area contributed by atoms with Gasteiger partial charge in [0.2, 0.25) is 5.91 Å². The van der Waals surface area contributed by atoms with E-state index in [1.165, 1.54) is 38.6 Å². The van der Waals surface area contributed by atoms with Crippen molar-refractivity contribution in [2.45, 2.75) is 64.0 Å². The molecule has 120 valence electrons. The van der Waals surface area contributed by atoms with E-state index in [1.54, 1.807) is 0 Å². The number of nitrogens with zero attached hydrogens (tertiary/aromatic N) is 2. The molecule has 0 aromatic rings. The molecular formula is C17H31N3O. The van der Waals surface area contributed by atoms with Gasteiger partial charge in [-0.3, -0.25) is 9.69 Å². The molecule has 3 rings (SSSR count). The van der Waals surface area contributed by atoms with Crippen LogP contribution in [0.2, 0.25) is 0 Å². The van der Waals surface area contributed by atoms with Crippen molar-refractivity contribution in [3.05, 3.63) is 0 Å². The topological polar surface area (TPSA) is 49.6 Å². The lowest BCUT2D eigenvalue weighted by molar-refractivity contribution is -0.145. The molecule has 2 heterocycles. The number of hydrogen-bond donors (Lipinski definition) is 1. The summed E-state index contributed by atoms with van der Waals surface area (Å²) in [4.78, 5) is 17.9. The highest BCUT2D eigenvalue weighted by Crippen LogP contribution is 2.33. The number of piperidine rings is 1. The van der Waals surface area contributed by atoms with E-state index in [0.29, 0.717) is 30.5 Å². The van der Waals surface area contributed by atoms with Crippen LogP contribution in [-0.2, 0) is 4.79 Å². The molecule has 2 saturated heterocycles. The molecule has 3 aliphatic rings. The van der Waals surface area contributed by atoms with Gasteiger partial charge in [0.15, 0.2) is 0 Å². The van der Waals surface area contributed by atoms with Crippen LogP contribution in [0, 0.1) is 11.8 Å². The quantitative estimate of drug-likeness (QED) is 0.845. The molecule has 21 heavy (non-hydrogen) atoms. The van der Waals surface area contributed by atoms with Gasteiger partial charge in [0.05, 0.1) is 0 Å². The Morgan fingerprint density at radius 1 is 1.10 bits per heavy atom. The molecule has 4 unspecified atom stereocenters. The number of carbonyl (C=O) groups is 1. The first-order valence-electron chi connectivity index (χ1n) is 8.95. The molecule has 1 saturated carbocycles. The van der Waals surface area contributed by atoms with Crippen molar-refractivity contribution in [3.8, 4) is 0 Å². The summed E-state index contributed by atoms with van der Waals surface area (Å²) < 4.78 is 0. The summed E-state index contributed by atoms with van der Waals surface area (Å²) in [6.45, 7) is 6.15. The Kier molecular flexibility index (Phi) is 4.85. The Morgan fingerprint density at radius 3 is 2.67 bits per heavy atom. The van der Waals surface area contributed by atoms with Gasteiger partial charge >= 0.3 is 0 Å². The first-order valence-corrected chi connectivity index (χ1v) is 8.95. The number of piperazine rings is 1. The van der Waals surface area contributed by atoms with Gasteiger partial charge in [0.25, 0.3) is 0 Å². The van der Waals surface area contributed by atoms with Crippen molar-refractivity contribution in [3.63, 3.8) is 0 Å². The summed E-state index contributed by atoms with van der Waals surface area (Å²) >= 11 is 0. The molecule has 1 amide bonds. The lowest BCUT2D eigenvalue weighted by Gasteiger charge is -2.49. The van der Waals surface area contributed by atoms with Crippen LogP contribution in [-0.4, -0.2) is 54.0 Å². The average molecular weight is 293 g/mol. The van der Waals surface area contributed by atoms with Crippen LogP contribution in [0.3, 0.4) is 0 Å². The van der Waals surface area contributed by atoms with Crippen LogP contribution < -0.4 is 5.73 Å². The first kappa shape index (κ1) is 15.3. The second kappa shape index (κ2) is 6.66. The fourth-order valence-corrected chi connectivity index (χ4v) is 4.69. The van der Waals surface area contributed by atoms with E-state index in [9.17, 15) is 4.79 Å². The minimum Gasteiger partial charge on any atom is -0.337 e. The maximum Gasteiger partial charge on any atom is 0.226 e. The number of fused-ring (bicyclic) bond motifs is 1. The Balaban J connectivity index is 1.68. The predicted molar refractivity (Wildman–Crippen MR) is 84.9 cm³/mol. The fraction of sp³-hybridized carbons (Fsp3) is 0.941. The minimum absolute atomic E-state index is 0.196. The molecule has 0 bridgehead atoms. The molecule has 1 aliphatic carbocycles. The molecule has 4 atom stereocenters. The zero-order valence-electron chi connectivity index (χ0n) is 13.5. The Bertz CT molecular complexity index is 373. The van der Waals surface area contributed by atoms with E-state index in [0.717, 1.165) is 25.9 Å². The molecule has 0 radical (unpaired) electrons. The van der Waals surface area contributed by atoms with Crippen molar-refractivity contribution in [1.82, 2.24) is 9.80 Å². The van der Waals surface area contributed by atoms with Gasteiger partial charge in [-0.25, -0.2) is 0 Å². The van der Waals surface area contributed by atoms with Crippen molar-refractivity contribution in [1.29, 1.82) is 0 Å². The van der Waals surface area contributed by atoms with Gasteiger partial charge < -0.3 is 10.6 Å². The SMILES string of the molecule is CC1CN2CCCCC2CN1C(=O)C1CCCCC1CN. The molecule has 4 nitrogen and oxygen atoms in total. The normalized spacial score (nSPS) is 38.1. The second-order valence-electron chi connectivity index (χ2n) is 7.37. The number of rotatable bonds is 2. The van der Waals surface area contributed by atoms with E-state index in [4.69, 9.17) is 5.73 Å².